The second-order valence-electron chi connectivity index (χ2n) is 2.30. The second kappa shape index (κ2) is 4.01. The molecule has 1 aromatic heterocycles. The van der Waals surface area contributed by atoms with E-state index in [1.54, 1.807) is 6.20 Å². The molecule has 4 heteroatoms. The van der Waals surface area contributed by atoms with Crippen LogP contribution in [0.4, 0.5) is 0 Å². The molecule has 1 unspecified atom stereocenters. The third-order valence-corrected chi connectivity index (χ3v) is 2.32. The van der Waals surface area contributed by atoms with E-state index in [4.69, 9.17) is 0 Å². The lowest BCUT2D eigenvalue weighted by Gasteiger charge is -2.07. The van der Waals surface area contributed by atoms with E-state index in [0.717, 1.165) is 5.01 Å². The number of nitrogens with zero attached hydrogens (tertiary/aromatic N) is 1. The van der Waals surface area contributed by atoms with Crippen molar-refractivity contribution in [3.8, 4) is 0 Å². The molecule has 0 aliphatic heterocycles. The van der Waals surface area contributed by atoms with Gasteiger partial charge in [0.15, 0.2) is 0 Å². The van der Waals surface area contributed by atoms with Crippen molar-refractivity contribution >= 4 is 17.2 Å². The molecule has 1 rings (SSSR count). The second-order valence-corrected chi connectivity index (χ2v) is 3.23. The zero-order valence-corrected chi connectivity index (χ0v) is 7.60. The predicted octanol–water partition coefficient (Wildman–Crippen LogP) is 1.51. The van der Waals surface area contributed by atoms with Crippen LogP contribution < -0.4 is 5.32 Å². The van der Waals surface area contributed by atoms with Gasteiger partial charge in [0.05, 0.1) is 6.04 Å². The molecule has 0 saturated carbocycles. The fraction of sp³-hybridized carbons (Fsp3) is 0.250. The number of rotatable bonds is 3. The number of thiazole rings is 1. The molecule has 0 saturated heterocycles. The Morgan fingerprint density at radius 2 is 2.67 bits per heavy atom. The van der Waals surface area contributed by atoms with E-state index in [1.807, 2.05) is 12.3 Å². The summed E-state index contributed by atoms with van der Waals surface area (Å²) in [5, 5.41) is 5.51. The highest BCUT2D eigenvalue weighted by atomic mass is 32.1. The molecule has 0 aromatic carbocycles. The Balaban J connectivity index is 2.55. The number of nitrogens with one attached hydrogen (secondary N) is 1. The van der Waals surface area contributed by atoms with Crippen LogP contribution in [0, 0.1) is 0 Å². The van der Waals surface area contributed by atoms with Crippen molar-refractivity contribution in [1.82, 2.24) is 10.3 Å². The van der Waals surface area contributed by atoms with E-state index in [1.165, 1.54) is 17.4 Å². The van der Waals surface area contributed by atoms with Crippen molar-refractivity contribution in [2.75, 3.05) is 0 Å². The quantitative estimate of drug-likeness (QED) is 0.720. The van der Waals surface area contributed by atoms with Crippen LogP contribution >= 0.6 is 11.3 Å². The van der Waals surface area contributed by atoms with E-state index in [0.29, 0.717) is 0 Å². The molecule has 0 radical (unpaired) electrons. The lowest BCUT2D eigenvalue weighted by atomic mass is 10.3. The first-order valence-corrected chi connectivity index (χ1v) is 4.44. The van der Waals surface area contributed by atoms with Crippen molar-refractivity contribution in [3.63, 3.8) is 0 Å². The molecular weight excluding hydrogens is 172 g/mol. The van der Waals surface area contributed by atoms with Gasteiger partial charge in [0.1, 0.15) is 5.01 Å². The van der Waals surface area contributed by atoms with Gasteiger partial charge in [-0.25, -0.2) is 4.98 Å². The summed E-state index contributed by atoms with van der Waals surface area (Å²) in [6, 6.07) is -0.0319. The summed E-state index contributed by atoms with van der Waals surface area (Å²) in [6.45, 7) is 5.26. The zero-order valence-electron chi connectivity index (χ0n) is 6.78. The molecule has 0 bridgehead atoms. The molecule has 0 aliphatic rings. The van der Waals surface area contributed by atoms with Crippen LogP contribution in [0.15, 0.2) is 24.2 Å². The molecule has 0 fully saturated rings. The number of hydrogen-bond acceptors (Lipinski definition) is 3. The number of carbonyl (C=O) groups is 1. The lowest BCUT2D eigenvalue weighted by molar-refractivity contribution is -0.117. The number of hydrogen-bond donors (Lipinski definition) is 1. The highest BCUT2D eigenvalue weighted by molar-refractivity contribution is 7.09. The van der Waals surface area contributed by atoms with Crippen LogP contribution in [0.1, 0.15) is 18.0 Å². The minimum atomic E-state index is -0.169. The molecule has 0 spiro atoms. The maximum absolute atomic E-state index is 10.9. The Morgan fingerprint density at radius 3 is 3.17 bits per heavy atom. The van der Waals surface area contributed by atoms with Crippen LogP contribution in [-0.2, 0) is 4.79 Å². The molecule has 3 nitrogen and oxygen atoms in total. The average Bonchev–Trinajstić information content (AvgIpc) is 2.56. The SMILES string of the molecule is C=CC(=O)NC(C)c1nccs1. The highest BCUT2D eigenvalue weighted by Gasteiger charge is 2.08. The van der Waals surface area contributed by atoms with Gasteiger partial charge in [-0.2, -0.15) is 0 Å². The summed E-state index contributed by atoms with van der Waals surface area (Å²) in [4.78, 5) is 14.9. The van der Waals surface area contributed by atoms with Gasteiger partial charge in [-0.1, -0.05) is 6.58 Å². The molecule has 1 aromatic rings. The topological polar surface area (TPSA) is 42.0 Å². The molecule has 1 N–H and O–H groups in total. The zero-order chi connectivity index (χ0) is 8.97. The molecule has 0 aliphatic carbocycles. The summed E-state index contributed by atoms with van der Waals surface area (Å²) in [7, 11) is 0. The van der Waals surface area contributed by atoms with Crippen LogP contribution in [-0.4, -0.2) is 10.9 Å². The number of aromatic nitrogens is 1. The van der Waals surface area contributed by atoms with Gasteiger partial charge in [0, 0.05) is 11.6 Å². The monoisotopic (exact) mass is 182 g/mol. The maximum Gasteiger partial charge on any atom is 0.243 e. The van der Waals surface area contributed by atoms with Crippen LogP contribution in [0.5, 0.6) is 0 Å². The Labute approximate surface area is 75.1 Å². The van der Waals surface area contributed by atoms with Gasteiger partial charge in [-0.05, 0) is 13.0 Å². The van der Waals surface area contributed by atoms with Gasteiger partial charge in [-0.3, -0.25) is 4.79 Å². The summed E-state index contributed by atoms with van der Waals surface area (Å²) < 4.78 is 0. The molecule has 64 valence electrons. The van der Waals surface area contributed by atoms with Gasteiger partial charge in [0.25, 0.3) is 0 Å². The summed E-state index contributed by atoms with van der Waals surface area (Å²) >= 11 is 1.52. The molecule has 12 heavy (non-hydrogen) atoms. The normalized spacial score (nSPS) is 12.1. The Bertz CT molecular complexity index is 269. The summed E-state index contributed by atoms with van der Waals surface area (Å²) in [6.07, 6.45) is 2.97. The van der Waals surface area contributed by atoms with Crippen molar-refractivity contribution < 1.29 is 4.79 Å². The van der Waals surface area contributed by atoms with Crippen molar-refractivity contribution in [3.05, 3.63) is 29.2 Å². The molecule has 1 amide bonds. The third kappa shape index (κ3) is 2.17. The van der Waals surface area contributed by atoms with Gasteiger partial charge in [-0.15, -0.1) is 11.3 Å². The molecule has 1 atom stereocenters. The highest BCUT2D eigenvalue weighted by Crippen LogP contribution is 2.14. The largest absolute Gasteiger partial charge is 0.344 e. The van der Waals surface area contributed by atoms with Gasteiger partial charge < -0.3 is 5.32 Å². The van der Waals surface area contributed by atoms with E-state index < -0.39 is 0 Å². The van der Waals surface area contributed by atoms with Crippen molar-refractivity contribution in [2.24, 2.45) is 0 Å². The third-order valence-electron chi connectivity index (χ3n) is 1.37. The Kier molecular flexibility index (Phi) is 2.99. The fourth-order valence-electron chi connectivity index (χ4n) is 0.782. The molecular formula is C8H10N2OS. The first-order chi connectivity index (χ1) is 5.74. The van der Waals surface area contributed by atoms with E-state index in [-0.39, 0.29) is 11.9 Å². The van der Waals surface area contributed by atoms with Crippen LogP contribution in [0.3, 0.4) is 0 Å². The van der Waals surface area contributed by atoms with Crippen molar-refractivity contribution in [1.29, 1.82) is 0 Å². The first kappa shape index (κ1) is 8.93. The molecule has 1 heterocycles. The lowest BCUT2D eigenvalue weighted by Crippen LogP contribution is -2.24. The number of carbonyl (C=O) groups excluding carboxylic acids is 1. The van der Waals surface area contributed by atoms with Crippen LogP contribution in [0.25, 0.3) is 0 Å². The fourth-order valence-corrected chi connectivity index (χ4v) is 1.43. The summed E-state index contributed by atoms with van der Waals surface area (Å²) in [5.74, 6) is -0.169. The smallest absolute Gasteiger partial charge is 0.243 e. The van der Waals surface area contributed by atoms with E-state index in [9.17, 15) is 4.79 Å². The summed E-state index contributed by atoms with van der Waals surface area (Å²) in [5.41, 5.74) is 0. The van der Waals surface area contributed by atoms with E-state index >= 15 is 0 Å². The van der Waals surface area contributed by atoms with E-state index in [2.05, 4.69) is 16.9 Å². The minimum absolute atomic E-state index is 0.0319. The Hall–Kier alpha value is -1.16. The Morgan fingerprint density at radius 1 is 1.92 bits per heavy atom. The van der Waals surface area contributed by atoms with Gasteiger partial charge >= 0.3 is 0 Å². The van der Waals surface area contributed by atoms with Crippen LogP contribution in [0.2, 0.25) is 0 Å². The minimum Gasteiger partial charge on any atom is -0.344 e. The first-order valence-electron chi connectivity index (χ1n) is 3.56. The van der Waals surface area contributed by atoms with Crippen molar-refractivity contribution in [2.45, 2.75) is 13.0 Å². The predicted molar refractivity (Wildman–Crippen MR) is 48.9 cm³/mol. The standard InChI is InChI=1S/C8H10N2OS/c1-3-7(11)10-6(2)8-9-4-5-12-8/h3-6H,1H2,2H3,(H,10,11). The number of amides is 1. The van der Waals surface area contributed by atoms with Gasteiger partial charge in [0.2, 0.25) is 5.91 Å². The average molecular weight is 182 g/mol. The maximum atomic E-state index is 10.9.